The normalized spacial score (nSPS) is 33.1. The molecule has 2 aliphatic heterocycles. The number of carbonyl (C=O) groups is 1. The molecule has 0 spiro atoms. The topological polar surface area (TPSA) is 20.3 Å². The van der Waals surface area contributed by atoms with E-state index in [1.165, 1.54) is 25.7 Å². The van der Waals surface area contributed by atoms with Crippen LogP contribution in [0.25, 0.3) is 0 Å². The van der Waals surface area contributed by atoms with Gasteiger partial charge in [-0.05, 0) is 32.1 Å². The van der Waals surface area contributed by atoms with Crippen LogP contribution < -0.4 is 0 Å². The number of rotatable bonds is 4. The maximum Gasteiger partial charge on any atom is 0.223 e. The van der Waals surface area contributed by atoms with Crippen LogP contribution in [0.2, 0.25) is 0 Å². The molecule has 0 radical (unpaired) electrons. The molecule has 2 atom stereocenters. The minimum atomic E-state index is 0.417. The van der Waals surface area contributed by atoms with Crippen LogP contribution in [0.5, 0.6) is 0 Å². The van der Waals surface area contributed by atoms with Crippen LogP contribution in [0, 0.1) is 0 Å². The zero-order valence-electron chi connectivity index (χ0n) is 10.1. The summed E-state index contributed by atoms with van der Waals surface area (Å²) in [6.45, 7) is 2.19. The van der Waals surface area contributed by atoms with Gasteiger partial charge in [0, 0.05) is 23.3 Å². The molecular formula is C13H22BrNO. The zero-order valence-corrected chi connectivity index (χ0v) is 11.7. The number of halogens is 1. The highest BCUT2D eigenvalue weighted by molar-refractivity contribution is 9.09. The summed E-state index contributed by atoms with van der Waals surface area (Å²) in [7, 11) is 0. The molecule has 2 fully saturated rings. The maximum atomic E-state index is 12.2. The van der Waals surface area contributed by atoms with Gasteiger partial charge in [0.2, 0.25) is 5.91 Å². The predicted molar refractivity (Wildman–Crippen MR) is 69.7 cm³/mol. The van der Waals surface area contributed by atoms with E-state index in [1.807, 2.05) is 0 Å². The van der Waals surface area contributed by atoms with Gasteiger partial charge in [0.1, 0.15) is 0 Å². The Morgan fingerprint density at radius 3 is 2.44 bits per heavy atom. The molecule has 0 saturated carbocycles. The fourth-order valence-electron chi connectivity index (χ4n) is 3.17. The first-order valence-corrected chi connectivity index (χ1v) is 7.59. The highest BCUT2D eigenvalue weighted by Gasteiger charge is 2.41. The molecule has 0 aromatic carbocycles. The fraction of sp³-hybridized carbons (Fsp3) is 0.923. The number of alkyl halides is 1. The predicted octanol–water partition coefficient (Wildman–Crippen LogP) is 3.48. The van der Waals surface area contributed by atoms with Crippen LogP contribution in [-0.4, -0.2) is 27.7 Å². The van der Waals surface area contributed by atoms with Crippen molar-refractivity contribution in [3.05, 3.63) is 0 Å². The van der Waals surface area contributed by atoms with Gasteiger partial charge in [0.05, 0.1) is 0 Å². The molecule has 2 saturated heterocycles. The van der Waals surface area contributed by atoms with Crippen molar-refractivity contribution in [2.24, 2.45) is 0 Å². The second-order valence-electron chi connectivity index (χ2n) is 5.21. The van der Waals surface area contributed by atoms with E-state index in [0.717, 1.165) is 25.7 Å². The Morgan fingerprint density at radius 2 is 1.88 bits per heavy atom. The Balaban J connectivity index is 1.87. The lowest BCUT2D eigenvalue weighted by Gasteiger charge is -2.37. The van der Waals surface area contributed by atoms with Crippen molar-refractivity contribution >= 4 is 21.8 Å². The summed E-state index contributed by atoms with van der Waals surface area (Å²) in [6, 6.07) is 1.08. The summed E-state index contributed by atoms with van der Waals surface area (Å²) in [5.41, 5.74) is 0. The van der Waals surface area contributed by atoms with Gasteiger partial charge in [0.15, 0.2) is 0 Å². The van der Waals surface area contributed by atoms with Gasteiger partial charge in [-0.1, -0.05) is 35.7 Å². The van der Waals surface area contributed by atoms with Crippen molar-refractivity contribution in [3.63, 3.8) is 0 Å². The number of hydrogen-bond donors (Lipinski definition) is 0. The van der Waals surface area contributed by atoms with Crippen LogP contribution in [0.15, 0.2) is 0 Å². The van der Waals surface area contributed by atoms with Gasteiger partial charge in [-0.3, -0.25) is 4.79 Å². The number of hydrogen-bond acceptors (Lipinski definition) is 1. The Bertz CT molecular complexity index is 242. The number of unbranched alkanes of at least 4 members (excludes halogenated alkanes) is 2. The van der Waals surface area contributed by atoms with E-state index in [-0.39, 0.29) is 0 Å². The maximum absolute atomic E-state index is 12.2. The summed E-state index contributed by atoms with van der Waals surface area (Å²) in [5, 5.41) is 0. The van der Waals surface area contributed by atoms with Crippen LogP contribution in [0.1, 0.15) is 58.3 Å². The van der Waals surface area contributed by atoms with Crippen molar-refractivity contribution < 1.29 is 4.79 Å². The van der Waals surface area contributed by atoms with E-state index in [1.54, 1.807) is 0 Å². The Kier molecular flexibility index (Phi) is 4.28. The van der Waals surface area contributed by atoms with E-state index in [9.17, 15) is 4.79 Å². The summed E-state index contributed by atoms with van der Waals surface area (Å²) in [5.74, 6) is 0.417. The first-order valence-electron chi connectivity index (χ1n) is 6.67. The van der Waals surface area contributed by atoms with Crippen molar-refractivity contribution in [1.29, 1.82) is 0 Å². The lowest BCUT2D eigenvalue weighted by Crippen LogP contribution is -2.46. The van der Waals surface area contributed by atoms with Crippen LogP contribution in [-0.2, 0) is 4.79 Å². The van der Waals surface area contributed by atoms with E-state index in [2.05, 4.69) is 27.8 Å². The van der Waals surface area contributed by atoms with E-state index in [4.69, 9.17) is 0 Å². The first-order chi connectivity index (χ1) is 7.72. The molecule has 1 amide bonds. The highest BCUT2D eigenvalue weighted by atomic mass is 79.9. The van der Waals surface area contributed by atoms with Gasteiger partial charge < -0.3 is 4.90 Å². The average Bonchev–Trinajstić information content (AvgIpc) is 2.52. The van der Waals surface area contributed by atoms with Crippen LogP contribution in [0.3, 0.4) is 0 Å². The van der Waals surface area contributed by atoms with Crippen LogP contribution >= 0.6 is 15.9 Å². The van der Waals surface area contributed by atoms with E-state index >= 15 is 0 Å². The number of fused-ring (bicyclic) bond motifs is 2. The smallest absolute Gasteiger partial charge is 0.223 e. The molecule has 2 unspecified atom stereocenters. The van der Waals surface area contributed by atoms with Crippen molar-refractivity contribution in [1.82, 2.24) is 4.90 Å². The SMILES string of the molecule is CCCCCC(=O)N1C2CCC1CC(Br)C2. The molecular weight excluding hydrogens is 266 g/mol. The third-order valence-electron chi connectivity index (χ3n) is 3.96. The molecule has 2 rings (SSSR count). The van der Waals surface area contributed by atoms with E-state index < -0.39 is 0 Å². The Labute approximate surface area is 107 Å². The largest absolute Gasteiger partial charge is 0.337 e. The second-order valence-corrected chi connectivity index (χ2v) is 6.51. The molecule has 0 aromatic heterocycles. The third kappa shape index (κ3) is 2.61. The van der Waals surface area contributed by atoms with Crippen molar-refractivity contribution in [3.8, 4) is 0 Å². The average molecular weight is 288 g/mol. The molecule has 16 heavy (non-hydrogen) atoms. The fourth-order valence-corrected chi connectivity index (χ4v) is 4.04. The Morgan fingerprint density at radius 1 is 1.25 bits per heavy atom. The van der Waals surface area contributed by atoms with Gasteiger partial charge >= 0.3 is 0 Å². The van der Waals surface area contributed by atoms with Gasteiger partial charge in [-0.25, -0.2) is 0 Å². The first kappa shape index (κ1) is 12.4. The minimum absolute atomic E-state index is 0.417. The molecule has 2 heterocycles. The molecule has 2 bridgehead atoms. The van der Waals surface area contributed by atoms with Gasteiger partial charge in [-0.15, -0.1) is 0 Å². The highest BCUT2D eigenvalue weighted by Crippen LogP contribution is 2.38. The van der Waals surface area contributed by atoms with Gasteiger partial charge in [-0.2, -0.15) is 0 Å². The van der Waals surface area contributed by atoms with Crippen LogP contribution in [0.4, 0.5) is 0 Å². The number of carbonyl (C=O) groups excluding carboxylic acids is 1. The van der Waals surface area contributed by atoms with Crippen molar-refractivity contribution in [2.45, 2.75) is 75.2 Å². The Hall–Kier alpha value is -0.0500. The quantitative estimate of drug-likeness (QED) is 0.573. The second kappa shape index (κ2) is 5.52. The molecule has 0 aliphatic carbocycles. The molecule has 0 aromatic rings. The lowest BCUT2D eigenvalue weighted by atomic mass is 10.0. The summed E-state index contributed by atoms with van der Waals surface area (Å²) in [6.07, 6.45) is 9.01. The van der Waals surface area contributed by atoms with Gasteiger partial charge in [0.25, 0.3) is 0 Å². The monoisotopic (exact) mass is 287 g/mol. The summed E-state index contributed by atoms with van der Waals surface area (Å²) < 4.78 is 0. The van der Waals surface area contributed by atoms with E-state index in [0.29, 0.717) is 22.8 Å². The zero-order chi connectivity index (χ0) is 11.5. The molecule has 92 valence electrons. The summed E-state index contributed by atoms with van der Waals surface area (Å²) in [4.78, 5) is 15.0. The molecule has 2 aliphatic rings. The summed E-state index contributed by atoms with van der Waals surface area (Å²) >= 11 is 3.71. The lowest BCUT2D eigenvalue weighted by molar-refractivity contribution is -0.135. The third-order valence-corrected chi connectivity index (χ3v) is 4.71. The number of amides is 1. The minimum Gasteiger partial charge on any atom is -0.337 e. The van der Waals surface area contributed by atoms with Crippen molar-refractivity contribution in [2.75, 3.05) is 0 Å². The number of piperidine rings is 1. The molecule has 3 heteroatoms. The standard InChI is InChI=1S/C13H22BrNO/c1-2-3-4-5-13(16)15-11-6-7-12(15)9-10(14)8-11/h10-12H,2-9H2,1H3. The number of nitrogens with zero attached hydrogens (tertiary/aromatic N) is 1. The molecule has 0 N–H and O–H groups in total. The molecule has 2 nitrogen and oxygen atoms in total.